The van der Waals surface area contributed by atoms with Gasteiger partial charge in [0.05, 0.1) is 29.8 Å². The predicted octanol–water partition coefficient (Wildman–Crippen LogP) is 2.31. The molecule has 172 valence electrons. The van der Waals surface area contributed by atoms with E-state index >= 15 is 4.39 Å². The van der Waals surface area contributed by atoms with E-state index in [-0.39, 0.29) is 30.2 Å². The standard InChI is InChI=1S/C22H26ClFN4O4/c1-32-22-19-16(21(31)28(22)12-18-25-10-15(23)11-26-18)8-14(9-17(19)24)20(30)13-2-4-27(5-3-13)6-7-29/h8-11,13,20,22,29-30H,2-7,12H2,1H3/t20-,22+/m0/s1. The monoisotopic (exact) mass is 464 g/mol. The first kappa shape index (κ1) is 23.0. The van der Waals surface area contributed by atoms with Gasteiger partial charge in [-0.3, -0.25) is 4.79 Å². The minimum absolute atomic E-state index is 0.0316. The van der Waals surface area contributed by atoms with Crippen LogP contribution in [0.3, 0.4) is 0 Å². The van der Waals surface area contributed by atoms with Crippen molar-refractivity contribution < 1.29 is 24.1 Å². The molecular weight excluding hydrogens is 439 g/mol. The van der Waals surface area contributed by atoms with E-state index in [1.807, 2.05) is 0 Å². The molecule has 0 spiro atoms. The molecule has 0 aliphatic carbocycles. The van der Waals surface area contributed by atoms with Crippen LogP contribution in [0.2, 0.25) is 5.02 Å². The molecule has 0 bridgehead atoms. The van der Waals surface area contributed by atoms with Gasteiger partial charge in [0.1, 0.15) is 11.6 Å². The highest BCUT2D eigenvalue weighted by Crippen LogP contribution is 2.40. The Morgan fingerprint density at radius 2 is 1.97 bits per heavy atom. The van der Waals surface area contributed by atoms with E-state index in [0.29, 0.717) is 23.0 Å². The van der Waals surface area contributed by atoms with Crippen LogP contribution in [0, 0.1) is 11.7 Å². The second kappa shape index (κ2) is 9.76. The third-order valence-corrected chi connectivity index (χ3v) is 6.41. The number of likely N-dealkylation sites (tertiary alicyclic amines) is 1. The maximum absolute atomic E-state index is 15.2. The number of piperidine rings is 1. The average Bonchev–Trinajstić information content (AvgIpc) is 3.07. The van der Waals surface area contributed by atoms with Crippen molar-refractivity contribution in [3.05, 3.63) is 57.9 Å². The summed E-state index contributed by atoms with van der Waals surface area (Å²) in [4.78, 5) is 24.9. The molecule has 4 rings (SSSR count). The van der Waals surface area contributed by atoms with Gasteiger partial charge < -0.3 is 24.7 Å². The Morgan fingerprint density at radius 3 is 2.59 bits per heavy atom. The van der Waals surface area contributed by atoms with Gasteiger partial charge in [0.15, 0.2) is 6.23 Å². The van der Waals surface area contributed by atoms with E-state index in [1.54, 1.807) is 6.07 Å². The molecule has 2 N–H and O–H groups in total. The average molecular weight is 465 g/mol. The highest BCUT2D eigenvalue weighted by atomic mass is 35.5. The summed E-state index contributed by atoms with van der Waals surface area (Å²) in [5.41, 5.74) is 0.715. The second-order valence-electron chi connectivity index (χ2n) is 8.15. The van der Waals surface area contributed by atoms with E-state index in [9.17, 15) is 9.90 Å². The van der Waals surface area contributed by atoms with Gasteiger partial charge in [-0.15, -0.1) is 0 Å². The number of carbonyl (C=O) groups is 1. The lowest BCUT2D eigenvalue weighted by molar-refractivity contribution is -0.0188. The number of rotatable bonds is 7. The van der Waals surface area contributed by atoms with Crippen LogP contribution < -0.4 is 0 Å². The first-order chi connectivity index (χ1) is 15.4. The van der Waals surface area contributed by atoms with E-state index in [4.69, 9.17) is 21.4 Å². The maximum atomic E-state index is 15.2. The highest BCUT2D eigenvalue weighted by molar-refractivity contribution is 6.30. The molecule has 0 unspecified atom stereocenters. The number of carbonyl (C=O) groups excluding carboxylic acids is 1. The molecule has 0 radical (unpaired) electrons. The van der Waals surface area contributed by atoms with Crippen molar-refractivity contribution in [1.29, 1.82) is 0 Å². The van der Waals surface area contributed by atoms with Crippen LogP contribution in [0.4, 0.5) is 4.39 Å². The summed E-state index contributed by atoms with van der Waals surface area (Å²) in [6.07, 6.45) is 2.53. The summed E-state index contributed by atoms with van der Waals surface area (Å²) in [6.45, 7) is 2.26. The normalized spacial score (nSPS) is 20.6. The molecule has 2 aliphatic heterocycles. The molecule has 1 saturated heterocycles. The number of hydrogen-bond acceptors (Lipinski definition) is 7. The zero-order chi connectivity index (χ0) is 22.8. The molecular formula is C22H26ClFN4O4. The van der Waals surface area contributed by atoms with Crippen LogP contribution in [-0.4, -0.2) is 69.2 Å². The van der Waals surface area contributed by atoms with E-state index in [0.717, 1.165) is 25.9 Å². The van der Waals surface area contributed by atoms with Gasteiger partial charge in [-0.25, -0.2) is 14.4 Å². The van der Waals surface area contributed by atoms with Gasteiger partial charge in [-0.1, -0.05) is 11.6 Å². The van der Waals surface area contributed by atoms with Gasteiger partial charge in [0, 0.05) is 31.6 Å². The Morgan fingerprint density at radius 1 is 1.28 bits per heavy atom. The van der Waals surface area contributed by atoms with E-state index < -0.39 is 24.1 Å². The molecule has 1 aromatic carbocycles. The van der Waals surface area contributed by atoms with Gasteiger partial charge >= 0.3 is 0 Å². The Bertz CT molecular complexity index is 969. The Balaban J connectivity index is 1.56. The number of aliphatic hydroxyl groups is 2. The molecule has 0 saturated carbocycles. The second-order valence-corrected chi connectivity index (χ2v) is 8.59. The quantitative estimate of drug-likeness (QED) is 0.648. The zero-order valence-electron chi connectivity index (χ0n) is 17.7. The number of ether oxygens (including phenoxy) is 1. The van der Waals surface area contributed by atoms with Crippen LogP contribution >= 0.6 is 11.6 Å². The summed E-state index contributed by atoms with van der Waals surface area (Å²) < 4.78 is 20.6. The van der Waals surface area contributed by atoms with Gasteiger partial charge in [0.25, 0.3) is 5.91 Å². The fourth-order valence-electron chi connectivity index (χ4n) is 4.53. The van der Waals surface area contributed by atoms with Crippen molar-refractivity contribution in [3.8, 4) is 0 Å². The lowest BCUT2D eigenvalue weighted by Gasteiger charge is -2.34. The van der Waals surface area contributed by atoms with Crippen molar-refractivity contribution >= 4 is 17.5 Å². The first-order valence-corrected chi connectivity index (χ1v) is 11.0. The summed E-state index contributed by atoms with van der Waals surface area (Å²) in [5, 5.41) is 20.4. The van der Waals surface area contributed by atoms with Crippen molar-refractivity contribution in [3.63, 3.8) is 0 Å². The van der Waals surface area contributed by atoms with Crippen LogP contribution in [-0.2, 0) is 11.3 Å². The van der Waals surface area contributed by atoms with Crippen LogP contribution in [0.15, 0.2) is 24.5 Å². The Labute approximate surface area is 190 Å². The van der Waals surface area contributed by atoms with E-state index in [2.05, 4.69) is 14.9 Å². The van der Waals surface area contributed by atoms with Crippen molar-refractivity contribution in [2.75, 3.05) is 33.4 Å². The third kappa shape index (κ3) is 4.49. The summed E-state index contributed by atoms with van der Waals surface area (Å²) in [7, 11) is 1.41. The molecule has 1 aromatic heterocycles. The largest absolute Gasteiger partial charge is 0.395 e. The van der Waals surface area contributed by atoms with Gasteiger partial charge in [-0.2, -0.15) is 0 Å². The number of hydrogen-bond donors (Lipinski definition) is 2. The van der Waals surface area contributed by atoms with Crippen molar-refractivity contribution in [1.82, 2.24) is 19.8 Å². The first-order valence-electron chi connectivity index (χ1n) is 10.6. The number of β-amino-alcohol motifs (C(OH)–C–C–N with tert-alkyl or cyclic N) is 1. The zero-order valence-corrected chi connectivity index (χ0v) is 18.5. The number of aromatic nitrogens is 2. The number of aliphatic hydroxyl groups excluding tert-OH is 2. The summed E-state index contributed by atoms with van der Waals surface area (Å²) in [6, 6.07) is 2.87. The number of methoxy groups -OCH3 is 1. The lowest BCUT2D eigenvalue weighted by Crippen LogP contribution is -2.37. The minimum Gasteiger partial charge on any atom is -0.395 e. The smallest absolute Gasteiger partial charge is 0.257 e. The van der Waals surface area contributed by atoms with Gasteiger partial charge in [-0.05, 0) is 49.5 Å². The molecule has 2 aromatic rings. The van der Waals surface area contributed by atoms with Crippen LogP contribution in [0.25, 0.3) is 0 Å². The van der Waals surface area contributed by atoms with Crippen LogP contribution in [0.1, 0.15) is 52.5 Å². The summed E-state index contributed by atoms with van der Waals surface area (Å²) >= 11 is 5.82. The fraction of sp³-hybridized carbons (Fsp3) is 0.500. The number of nitrogens with zero attached hydrogens (tertiary/aromatic N) is 4. The van der Waals surface area contributed by atoms with Crippen LogP contribution in [0.5, 0.6) is 0 Å². The third-order valence-electron chi connectivity index (χ3n) is 6.22. The number of halogens is 2. The van der Waals surface area contributed by atoms with Crippen molar-refractivity contribution in [2.45, 2.75) is 31.7 Å². The topological polar surface area (TPSA) is 99.0 Å². The Kier molecular flexibility index (Phi) is 7.02. The molecule has 2 aliphatic rings. The number of benzene rings is 1. The molecule has 8 nitrogen and oxygen atoms in total. The summed E-state index contributed by atoms with van der Waals surface area (Å²) in [5.74, 6) is -0.686. The highest BCUT2D eigenvalue weighted by Gasteiger charge is 2.41. The Hall–Kier alpha value is -2.17. The van der Waals surface area contributed by atoms with Crippen molar-refractivity contribution in [2.24, 2.45) is 5.92 Å². The molecule has 1 amide bonds. The number of fused-ring (bicyclic) bond motifs is 1. The lowest BCUT2D eigenvalue weighted by atomic mass is 9.86. The number of amides is 1. The molecule has 10 heteroatoms. The predicted molar refractivity (Wildman–Crippen MR) is 114 cm³/mol. The van der Waals surface area contributed by atoms with E-state index in [1.165, 1.54) is 30.5 Å². The van der Waals surface area contributed by atoms with Gasteiger partial charge in [0.2, 0.25) is 0 Å². The molecule has 32 heavy (non-hydrogen) atoms. The fourth-order valence-corrected chi connectivity index (χ4v) is 4.63. The molecule has 2 atom stereocenters. The SMILES string of the molecule is CO[C@@H]1c2c(F)cc([C@@H](O)C3CCN(CCO)CC3)cc2C(=O)N1Cc1ncc(Cl)cn1. The minimum atomic E-state index is -0.912. The molecule has 3 heterocycles. The maximum Gasteiger partial charge on any atom is 0.257 e. The molecule has 1 fully saturated rings.